The maximum absolute atomic E-state index is 10.8. The molecule has 0 rings (SSSR count). The van der Waals surface area contributed by atoms with Gasteiger partial charge < -0.3 is 19.1 Å². The SMILES string of the molecule is C[N+](C)(C)CCOC(=O)C=CC(=O)[O-].[Na]. The number of likely N-dealkylation sites (N-methyl/N-ethyl adjacent to an activating group) is 1. The third-order valence-electron chi connectivity index (χ3n) is 1.36. The molecule has 1 radical (unpaired) electrons. The normalized spacial score (nSPS) is 10.9. The molecule has 0 atom stereocenters. The molecule has 15 heavy (non-hydrogen) atoms. The van der Waals surface area contributed by atoms with Crippen LogP contribution < -0.4 is 5.11 Å². The molecule has 0 aromatic rings. The topological polar surface area (TPSA) is 66.4 Å². The summed E-state index contributed by atoms with van der Waals surface area (Å²) < 4.78 is 5.41. The first-order valence-electron chi connectivity index (χ1n) is 4.17. The van der Waals surface area contributed by atoms with E-state index in [4.69, 9.17) is 4.74 Å². The van der Waals surface area contributed by atoms with E-state index in [0.717, 1.165) is 6.08 Å². The third-order valence-corrected chi connectivity index (χ3v) is 1.36. The minimum absolute atomic E-state index is 0. The predicted octanol–water partition coefficient (Wildman–Crippen LogP) is -1.84. The molecular formula is C9H15NNaO4. The van der Waals surface area contributed by atoms with E-state index < -0.39 is 11.9 Å². The number of rotatable bonds is 5. The van der Waals surface area contributed by atoms with Crippen molar-refractivity contribution < 1.29 is 23.9 Å². The van der Waals surface area contributed by atoms with Crippen LogP contribution in [-0.4, -0.2) is 80.3 Å². The Hall–Kier alpha value is -0.360. The number of carboxylic acids is 1. The summed E-state index contributed by atoms with van der Waals surface area (Å²) in [6.07, 6.45) is 1.49. The number of esters is 1. The zero-order chi connectivity index (χ0) is 11.2. The van der Waals surface area contributed by atoms with Gasteiger partial charge in [0.2, 0.25) is 0 Å². The van der Waals surface area contributed by atoms with E-state index in [1.54, 1.807) is 0 Å². The summed E-state index contributed by atoms with van der Waals surface area (Å²) in [6.45, 7) is 0.935. The van der Waals surface area contributed by atoms with Crippen LogP contribution in [0.25, 0.3) is 0 Å². The van der Waals surface area contributed by atoms with E-state index in [9.17, 15) is 14.7 Å². The summed E-state index contributed by atoms with van der Waals surface area (Å²) in [6, 6.07) is 0. The van der Waals surface area contributed by atoms with Gasteiger partial charge >= 0.3 is 5.97 Å². The van der Waals surface area contributed by atoms with Crippen molar-refractivity contribution in [2.24, 2.45) is 0 Å². The fraction of sp³-hybridized carbons (Fsp3) is 0.556. The molecule has 81 valence electrons. The molecule has 0 aliphatic carbocycles. The van der Waals surface area contributed by atoms with E-state index in [0.29, 0.717) is 17.1 Å². The van der Waals surface area contributed by atoms with E-state index in [1.807, 2.05) is 21.1 Å². The van der Waals surface area contributed by atoms with Crippen LogP contribution in [0.5, 0.6) is 0 Å². The minimum atomic E-state index is -1.41. The molecule has 0 aromatic carbocycles. The van der Waals surface area contributed by atoms with Gasteiger partial charge in [-0.15, -0.1) is 0 Å². The molecule has 6 heteroatoms. The van der Waals surface area contributed by atoms with Gasteiger partial charge in [-0.05, 0) is 6.08 Å². The number of aliphatic carboxylic acids is 1. The molecule has 0 aliphatic rings. The molecular weight excluding hydrogens is 209 g/mol. The number of quaternary nitrogens is 1. The van der Waals surface area contributed by atoms with Crippen molar-refractivity contribution >= 4 is 41.5 Å². The van der Waals surface area contributed by atoms with E-state index in [1.165, 1.54) is 0 Å². The Morgan fingerprint density at radius 3 is 2.20 bits per heavy atom. The van der Waals surface area contributed by atoms with Crippen LogP contribution in [-0.2, 0) is 14.3 Å². The van der Waals surface area contributed by atoms with Gasteiger partial charge in [-0.1, -0.05) is 0 Å². The Labute approximate surface area is 112 Å². The molecule has 0 spiro atoms. The van der Waals surface area contributed by atoms with Gasteiger partial charge in [-0.25, -0.2) is 4.79 Å². The number of hydrogen-bond donors (Lipinski definition) is 0. The smallest absolute Gasteiger partial charge is 0.331 e. The molecule has 5 nitrogen and oxygen atoms in total. The molecule has 0 unspecified atom stereocenters. The second-order valence-corrected chi connectivity index (χ2v) is 3.83. The Kier molecular flexibility index (Phi) is 8.95. The Balaban J connectivity index is 0. The summed E-state index contributed by atoms with van der Waals surface area (Å²) in [5, 5.41) is 9.93. The molecule has 0 aliphatic heterocycles. The first-order chi connectivity index (χ1) is 6.31. The fourth-order valence-electron chi connectivity index (χ4n) is 0.604. The van der Waals surface area contributed by atoms with Crippen LogP contribution in [0.2, 0.25) is 0 Å². The van der Waals surface area contributed by atoms with Gasteiger partial charge in [-0.2, -0.15) is 0 Å². The average Bonchev–Trinajstić information content (AvgIpc) is 1.98. The van der Waals surface area contributed by atoms with Crippen LogP contribution in [0.4, 0.5) is 0 Å². The van der Waals surface area contributed by atoms with Gasteiger partial charge in [-0.3, -0.25) is 0 Å². The van der Waals surface area contributed by atoms with Gasteiger partial charge in [0.1, 0.15) is 13.2 Å². The fourth-order valence-corrected chi connectivity index (χ4v) is 0.604. The maximum Gasteiger partial charge on any atom is 0.331 e. The standard InChI is InChI=1S/C9H15NO4.Na/c1-10(2,3)6-7-14-9(13)5-4-8(11)12;/h4-5H,6-7H2,1-3H3;. The summed E-state index contributed by atoms with van der Waals surface area (Å²) in [5.41, 5.74) is 0. The van der Waals surface area contributed by atoms with Crippen molar-refractivity contribution in [2.45, 2.75) is 0 Å². The quantitative estimate of drug-likeness (QED) is 0.238. The number of hydrogen-bond acceptors (Lipinski definition) is 4. The van der Waals surface area contributed by atoms with Crippen molar-refractivity contribution in [3.63, 3.8) is 0 Å². The van der Waals surface area contributed by atoms with Crippen LogP contribution >= 0.6 is 0 Å². The largest absolute Gasteiger partial charge is 0.545 e. The van der Waals surface area contributed by atoms with Crippen LogP contribution in [0.3, 0.4) is 0 Å². The summed E-state index contributed by atoms with van der Waals surface area (Å²) in [4.78, 5) is 20.8. The van der Waals surface area contributed by atoms with Crippen LogP contribution in [0.1, 0.15) is 0 Å². The van der Waals surface area contributed by atoms with Crippen molar-refractivity contribution in [1.82, 2.24) is 0 Å². The summed E-state index contributed by atoms with van der Waals surface area (Å²) in [7, 11) is 5.89. The van der Waals surface area contributed by atoms with Gasteiger partial charge in [0.25, 0.3) is 0 Å². The molecule has 0 heterocycles. The third kappa shape index (κ3) is 13.6. The predicted molar refractivity (Wildman–Crippen MR) is 53.8 cm³/mol. The molecule has 0 saturated carbocycles. The zero-order valence-corrected chi connectivity index (χ0v) is 11.6. The number of carbonyl (C=O) groups is 2. The van der Waals surface area contributed by atoms with Crippen molar-refractivity contribution in [2.75, 3.05) is 34.3 Å². The molecule has 0 amide bonds. The molecule has 0 aromatic heterocycles. The number of nitrogens with zero attached hydrogens (tertiary/aromatic N) is 1. The molecule has 0 bridgehead atoms. The Morgan fingerprint density at radius 2 is 1.80 bits per heavy atom. The summed E-state index contributed by atoms with van der Waals surface area (Å²) >= 11 is 0. The van der Waals surface area contributed by atoms with Crippen molar-refractivity contribution in [3.05, 3.63) is 12.2 Å². The van der Waals surface area contributed by atoms with Gasteiger partial charge in [0.05, 0.1) is 27.1 Å². The second kappa shape index (κ2) is 7.87. The zero-order valence-electron chi connectivity index (χ0n) is 9.65. The monoisotopic (exact) mass is 224 g/mol. The van der Waals surface area contributed by atoms with Crippen LogP contribution in [0.15, 0.2) is 12.2 Å². The molecule has 0 fully saturated rings. The van der Waals surface area contributed by atoms with Gasteiger partial charge in [0.15, 0.2) is 0 Å². The Morgan fingerprint density at radius 1 is 1.27 bits per heavy atom. The summed E-state index contributed by atoms with van der Waals surface area (Å²) in [5.74, 6) is -2.07. The van der Waals surface area contributed by atoms with Crippen LogP contribution in [0, 0.1) is 0 Å². The first-order valence-corrected chi connectivity index (χ1v) is 4.17. The van der Waals surface area contributed by atoms with E-state index in [-0.39, 0.29) is 36.2 Å². The van der Waals surface area contributed by atoms with Gasteiger partial charge in [0, 0.05) is 35.6 Å². The number of carbonyl (C=O) groups excluding carboxylic acids is 2. The first kappa shape index (κ1) is 17.0. The average molecular weight is 224 g/mol. The number of carboxylic acid groups (broad SMARTS) is 1. The van der Waals surface area contributed by atoms with E-state index in [2.05, 4.69) is 0 Å². The van der Waals surface area contributed by atoms with Crippen molar-refractivity contribution in [1.29, 1.82) is 0 Å². The molecule has 0 saturated heterocycles. The maximum atomic E-state index is 10.8. The minimum Gasteiger partial charge on any atom is -0.545 e. The second-order valence-electron chi connectivity index (χ2n) is 3.83. The molecule has 0 N–H and O–H groups in total. The van der Waals surface area contributed by atoms with Crippen molar-refractivity contribution in [3.8, 4) is 0 Å². The number of ether oxygens (including phenoxy) is 1. The Bertz CT molecular complexity index is 245. The van der Waals surface area contributed by atoms with E-state index >= 15 is 0 Å².